The largest absolute Gasteiger partial charge is 0.416 e. The van der Waals surface area contributed by atoms with Gasteiger partial charge in [0, 0.05) is 23.1 Å². The SMILES string of the molecule is FC(F)(F)c1cc([B-](c2cc(C(F)(F)F)cc(C(F)(F)F)c2)(c2cc(C(F)(F)F)cc(C(F)(F)F)c2)c2cc(C(F)(F)F)cc(C(F)(F)F)c2)cc(C(F)(F)F)c1.SCc1ccc2ccccc2[n+]1Cc1ccccc1. The quantitative estimate of drug-likeness (QED) is 0.0702. The van der Waals surface area contributed by atoms with Crippen molar-refractivity contribution in [2.24, 2.45) is 0 Å². The lowest BCUT2D eigenvalue weighted by molar-refractivity contribution is -0.669. The first kappa shape index (κ1) is 58.7. The number of rotatable bonds is 7. The van der Waals surface area contributed by atoms with Gasteiger partial charge in [0.2, 0.25) is 5.52 Å². The molecule has 27 heteroatoms. The maximum atomic E-state index is 14.2. The molecule has 7 rings (SSSR count). The Bertz CT molecular complexity index is 2780. The molecule has 0 N–H and O–H groups in total. The van der Waals surface area contributed by atoms with Crippen LogP contribution in [0.3, 0.4) is 0 Å². The van der Waals surface area contributed by atoms with E-state index in [0.717, 1.165) is 12.3 Å². The van der Waals surface area contributed by atoms with Gasteiger partial charge in [-0.3, -0.25) is 0 Å². The van der Waals surface area contributed by atoms with Crippen LogP contribution in [0.1, 0.15) is 55.8 Å². The lowest BCUT2D eigenvalue weighted by Gasteiger charge is -2.46. The van der Waals surface area contributed by atoms with Gasteiger partial charge in [0.25, 0.3) is 0 Å². The molecule has 0 aliphatic heterocycles. The molecule has 0 radical (unpaired) electrons. The van der Waals surface area contributed by atoms with E-state index >= 15 is 0 Å². The standard InChI is InChI=1S/C32H12BF24.C17H15NS/c34-25(35,36)13-1-14(26(37,38)39)6-21(5-13)33(22-7-15(27(40,41)42)2-16(8-22)28(43,44)45,23-9-17(29(46,47)48)3-18(10-23)30(49,50)51)24-11-19(31(52,53)54)4-20(12-24)32(55,56)57;19-13-16-11-10-15-8-4-5-9-17(15)18(16)12-14-6-2-1-3-7-14/h1-12H;1-11H,12-13H2/q-1;/p+1. The van der Waals surface area contributed by atoms with Gasteiger partial charge >= 0.3 is 49.4 Å². The zero-order chi connectivity index (χ0) is 57.0. The Labute approximate surface area is 417 Å². The summed E-state index contributed by atoms with van der Waals surface area (Å²) >= 11 is 4.45. The van der Waals surface area contributed by atoms with Crippen molar-refractivity contribution in [1.82, 2.24) is 0 Å². The predicted octanol–water partition coefficient (Wildman–Crippen LogP) is 14.8. The number of halogens is 24. The summed E-state index contributed by atoms with van der Waals surface area (Å²) < 4.78 is 343. The van der Waals surface area contributed by atoms with Gasteiger partial charge in [-0.1, -0.05) is 91.0 Å². The molecular weight excluding hydrogens is 1100 g/mol. The van der Waals surface area contributed by atoms with Gasteiger partial charge in [-0.25, -0.2) is 0 Å². The highest BCUT2D eigenvalue weighted by Gasteiger charge is 2.47. The van der Waals surface area contributed by atoms with Crippen molar-refractivity contribution in [3.8, 4) is 0 Å². The van der Waals surface area contributed by atoms with Crippen molar-refractivity contribution in [3.63, 3.8) is 0 Å². The molecular formula is C49H28BF24NS. The normalized spacial score (nSPS) is 13.4. The number of nitrogens with zero attached hydrogens (tertiary/aromatic N) is 1. The molecule has 406 valence electrons. The van der Waals surface area contributed by atoms with Gasteiger partial charge < -0.3 is 0 Å². The van der Waals surface area contributed by atoms with Crippen LogP contribution in [0.15, 0.2) is 140 Å². The molecule has 0 spiro atoms. The minimum Gasteiger partial charge on any atom is -0.194 e. The van der Waals surface area contributed by atoms with Gasteiger partial charge in [-0.15, -0.1) is 0 Å². The second-order valence-corrected chi connectivity index (χ2v) is 17.2. The molecule has 6 aromatic carbocycles. The smallest absolute Gasteiger partial charge is 0.194 e. The molecule has 0 aliphatic carbocycles. The number of para-hydroxylation sites is 1. The third-order valence-electron chi connectivity index (χ3n) is 11.8. The minimum absolute atomic E-state index is 0.691. The van der Waals surface area contributed by atoms with E-state index in [9.17, 15) is 105 Å². The first-order valence-corrected chi connectivity index (χ1v) is 21.7. The summed E-state index contributed by atoms with van der Waals surface area (Å²) in [6.07, 6.45) is -54.8. The fraction of sp³-hybridized carbons (Fsp3) is 0.204. The summed E-state index contributed by atoms with van der Waals surface area (Å²) in [6, 6.07) is 14.6. The van der Waals surface area contributed by atoms with Crippen molar-refractivity contribution < 1.29 is 110 Å². The fourth-order valence-electron chi connectivity index (χ4n) is 8.47. The van der Waals surface area contributed by atoms with E-state index in [-0.39, 0.29) is 0 Å². The Hall–Kier alpha value is -6.54. The molecule has 0 amide bonds. The average Bonchev–Trinajstić information content (AvgIpc) is 3.30. The van der Waals surface area contributed by atoms with Gasteiger partial charge in [-0.05, 0) is 36.4 Å². The molecule has 7 aromatic rings. The van der Waals surface area contributed by atoms with Crippen molar-refractivity contribution in [3.05, 3.63) is 195 Å². The van der Waals surface area contributed by atoms with Crippen LogP contribution in [0.2, 0.25) is 0 Å². The van der Waals surface area contributed by atoms with E-state index in [1.54, 1.807) is 0 Å². The van der Waals surface area contributed by atoms with Crippen molar-refractivity contribution in [1.29, 1.82) is 0 Å². The third-order valence-corrected chi connectivity index (χ3v) is 12.1. The van der Waals surface area contributed by atoms with Crippen molar-refractivity contribution >= 4 is 51.5 Å². The molecule has 1 nitrogen and oxygen atoms in total. The number of pyridine rings is 1. The Balaban J connectivity index is 0.000000408. The average molecular weight is 1130 g/mol. The van der Waals surface area contributed by atoms with Gasteiger partial charge in [0.15, 0.2) is 12.2 Å². The van der Waals surface area contributed by atoms with Crippen LogP contribution in [0.5, 0.6) is 0 Å². The summed E-state index contributed by atoms with van der Waals surface area (Å²) in [5.41, 5.74) is -26.4. The van der Waals surface area contributed by atoms with E-state index in [1.165, 1.54) is 22.2 Å². The maximum Gasteiger partial charge on any atom is 0.416 e. The first-order chi connectivity index (χ1) is 34.6. The number of fused-ring (bicyclic) bond motifs is 1. The van der Waals surface area contributed by atoms with E-state index in [0.29, 0.717) is 0 Å². The van der Waals surface area contributed by atoms with Crippen LogP contribution in [-0.2, 0) is 61.7 Å². The summed E-state index contributed by atoms with van der Waals surface area (Å²) in [7, 11) is 0. The fourth-order valence-corrected chi connectivity index (χ4v) is 8.74. The predicted molar refractivity (Wildman–Crippen MR) is 232 cm³/mol. The van der Waals surface area contributed by atoms with E-state index < -0.39 is 195 Å². The molecule has 0 saturated heterocycles. The highest BCUT2D eigenvalue weighted by atomic mass is 32.1. The molecule has 1 heterocycles. The summed E-state index contributed by atoms with van der Waals surface area (Å²) in [4.78, 5) is 0. The number of benzene rings is 6. The van der Waals surface area contributed by atoms with E-state index in [2.05, 4.69) is 83.9 Å². The lowest BCUT2D eigenvalue weighted by atomic mass is 9.12. The van der Waals surface area contributed by atoms with E-state index in [4.69, 9.17) is 0 Å². The van der Waals surface area contributed by atoms with Crippen LogP contribution in [-0.4, -0.2) is 6.15 Å². The number of alkyl halides is 24. The lowest BCUT2D eigenvalue weighted by Crippen LogP contribution is -2.75. The highest BCUT2D eigenvalue weighted by Crippen LogP contribution is 2.41. The molecule has 0 aliphatic rings. The molecule has 0 atom stereocenters. The van der Waals surface area contributed by atoms with Crippen LogP contribution >= 0.6 is 12.6 Å². The molecule has 76 heavy (non-hydrogen) atoms. The first-order valence-electron chi connectivity index (χ1n) is 21.1. The number of hydrogen-bond acceptors (Lipinski definition) is 1. The number of aromatic nitrogens is 1. The zero-order valence-corrected chi connectivity index (χ0v) is 38.1. The second-order valence-electron chi connectivity index (χ2n) is 16.8. The van der Waals surface area contributed by atoms with Gasteiger partial charge in [0.05, 0.1) is 50.3 Å². The zero-order valence-electron chi connectivity index (χ0n) is 37.2. The second kappa shape index (κ2) is 20.4. The molecule has 0 fully saturated rings. The maximum absolute atomic E-state index is 14.2. The van der Waals surface area contributed by atoms with E-state index in [1.807, 2.05) is 0 Å². The monoisotopic (exact) mass is 1130 g/mol. The molecule has 0 saturated carbocycles. The number of thiol groups is 1. The van der Waals surface area contributed by atoms with Crippen LogP contribution in [0.25, 0.3) is 10.9 Å². The van der Waals surface area contributed by atoms with Crippen molar-refractivity contribution in [2.45, 2.75) is 61.7 Å². The van der Waals surface area contributed by atoms with Crippen LogP contribution in [0, 0.1) is 0 Å². The Morgan fingerprint density at radius 1 is 0.316 bits per heavy atom. The van der Waals surface area contributed by atoms with Crippen LogP contribution < -0.4 is 26.4 Å². The van der Waals surface area contributed by atoms with Crippen LogP contribution in [0.4, 0.5) is 105 Å². The summed E-state index contributed by atoms with van der Waals surface area (Å²) in [6.45, 7) is 0.887. The summed E-state index contributed by atoms with van der Waals surface area (Å²) in [5.74, 6) is 0.748. The number of hydrogen-bond donors (Lipinski definition) is 1. The topological polar surface area (TPSA) is 3.88 Å². The van der Waals surface area contributed by atoms with Gasteiger partial charge in [-0.2, -0.15) is 144 Å². The molecule has 0 unspecified atom stereocenters. The minimum atomic E-state index is -6.13. The van der Waals surface area contributed by atoms with Gasteiger partial charge in [0.1, 0.15) is 6.15 Å². The van der Waals surface area contributed by atoms with Crippen molar-refractivity contribution in [2.75, 3.05) is 0 Å². The summed E-state index contributed by atoms with van der Waals surface area (Å²) in [5, 5.41) is 1.27. The third kappa shape index (κ3) is 13.0. The molecule has 0 bridgehead atoms. The molecule has 1 aromatic heterocycles. The Morgan fingerprint density at radius 3 is 0.842 bits per heavy atom. The Kier molecular flexibility index (Phi) is 15.8. The highest BCUT2D eigenvalue weighted by molar-refractivity contribution is 7.79. The Morgan fingerprint density at radius 2 is 0.579 bits per heavy atom.